The summed E-state index contributed by atoms with van der Waals surface area (Å²) in [7, 11) is 1.67. The summed E-state index contributed by atoms with van der Waals surface area (Å²) in [4.78, 5) is 18.8. The van der Waals surface area contributed by atoms with Crippen molar-refractivity contribution in [3.63, 3.8) is 0 Å². The van der Waals surface area contributed by atoms with Crippen molar-refractivity contribution in [3.8, 4) is 0 Å². The molecule has 3 rings (SSSR count). The van der Waals surface area contributed by atoms with E-state index in [0.29, 0.717) is 6.54 Å². The Morgan fingerprint density at radius 1 is 1.46 bits per heavy atom. The number of hydrogen-bond acceptors (Lipinski definition) is 4. The molecule has 1 aromatic carbocycles. The highest BCUT2D eigenvalue weighted by molar-refractivity contribution is 5.89. The number of methoxy groups -OCH3 is 1. The van der Waals surface area contributed by atoms with E-state index in [1.54, 1.807) is 7.11 Å². The van der Waals surface area contributed by atoms with Crippen molar-refractivity contribution >= 4 is 11.7 Å². The van der Waals surface area contributed by atoms with Crippen LogP contribution in [0.5, 0.6) is 0 Å². The Morgan fingerprint density at radius 2 is 2.33 bits per heavy atom. The van der Waals surface area contributed by atoms with E-state index >= 15 is 0 Å². The fourth-order valence-electron chi connectivity index (χ4n) is 3.04. The van der Waals surface area contributed by atoms with Crippen LogP contribution in [0.2, 0.25) is 0 Å². The number of aromatic nitrogens is 3. The average molecular weight is 329 g/mol. The third-order valence-electron chi connectivity index (χ3n) is 4.47. The zero-order valence-electron chi connectivity index (χ0n) is 14.0. The van der Waals surface area contributed by atoms with E-state index < -0.39 is 0 Å². The summed E-state index contributed by atoms with van der Waals surface area (Å²) >= 11 is 0. The molecule has 0 unspecified atom stereocenters. The van der Waals surface area contributed by atoms with Gasteiger partial charge in [0, 0.05) is 19.3 Å². The van der Waals surface area contributed by atoms with Gasteiger partial charge in [-0.3, -0.25) is 5.10 Å². The molecule has 7 heteroatoms. The molecule has 2 heterocycles. The minimum Gasteiger partial charge on any atom is -0.377 e. The zero-order chi connectivity index (χ0) is 16.9. The van der Waals surface area contributed by atoms with Crippen LogP contribution in [0.1, 0.15) is 49.7 Å². The lowest BCUT2D eigenvalue weighted by Gasteiger charge is -2.34. The number of piperidine rings is 1. The van der Waals surface area contributed by atoms with E-state index in [9.17, 15) is 4.79 Å². The standard InChI is InChI=1S/C17H23N5O2/c1-12(24-2)13-6-5-7-14(10-13)20-17(23)22-9-4-3-8-15(22)16-18-11-19-21-16/h5-7,10-12,15H,3-4,8-9H2,1-2H3,(H,20,23)(H,18,19,21)/t12-,15+/m1/s1. The van der Waals surface area contributed by atoms with Gasteiger partial charge < -0.3 is 15.0 Å². The van der Waals surface area contributed by atoms with Crippen LogP contribution >= 0.6 is 0 Å². The molecule has 128 valence electrons. The second-order valence-corrected chi connectivity index (χ2v) is 6.01. The number of H-pyrrole nitrogens is 1. The second kappa shape index (κ2) is 7.44. The van der Waals surface area contributed by atoms with Crippen LogP contribution in [0.15, 0.2) is 30.6 Å². The molecule has 2 N–H and O–H groups in total. The molecule has 1 aliphatic rings. The highest BCUT2D eigenvalue weighted by atomic mass is 16.5. The number of carbonyl (C=O) groups is 1. The van der Waals surface area contributed by atoms with Gasteiger partial charge >= 0.3 is 6.03 Å². The predicted molar refractivity (Wildman–Crippen MR) is 90.6 cm³/mol. The largest absolute Gasteiger partial charge is 0.377 e. The Bertz CT molecular complexity index is 673. The normalized spacial score (nSPS) is 19.1. The highest BCUT2D eigenvalue weighted by Gasteiger charge is 2.30. The first-order valence-corrected chi connectivity index (χ1v) is 8.24. The van der Waals surface area contributed by atoms with Crippen LogP contribution in [-0.2, 0) is 4.74 Å². The lowest BCUT2D eigenvalue weighted by molar-refractivity contribution is 0.119. The predicted octanol–water partition coefficient (Wildman–Crippen LogP) is 3.27. The van der Waals surface area contributed by atoms with Gasteiger partial charge in [0.1, 0.15) is 12.2 Å². The van der Waals surface area contributed by atoms with Gasteiger partial charge in [-0.2, -0.15) is 5.10 Å². The number of benzene rings is 1. The van der Waals surface area contributed by atoms with Crippen molar-refractivity contribution in [2.75, 3.05) is 19.0 Å². The second-order valence-electron chi connectivity index (χ2n) is 6.01. The van der Waals surface area contributed by atoms with Gasteiger partial charge in [0.25, 0.3) is 0 Å². The number of likely N-dealkylation sites (tertiary alicyclic amines) is 1. The maximum Gasteiger partial charge on any atom is 0.322 e. The van der Waals surface area contributed by atoms with E-state index in [-0.39, 0.29) is 18.2 Å². The summed E-state index contributed by atoms with van der Waals surface area (Å²) in [5.74, 6) is 0.742. The molecule has 7 nitrogen and oxygen atoms in total. The van der Waals surface area contributed by atoms with Gasteiger partial charge in [-0.05, 0) is 43.9 Å². The van der Waals surface area contributed by atoms with Crippen molar-refractivity contribution in [3.05, 3.63) is 42.0 Å². The summed E-state index contributed by atoms with van der Waals surface area (Å²) in [6, 6.07) is 7.57. The van der Waals surface area contributed by atoms with Crippen molar-refractivity contribution < 1.29 is 9.53 Å². The average Bonchev–Trinajstić information content (AvgIpc) is 3.15. The molecule has 1 fully saturated rings. The molecule has 0 bridgehead atoms. The van der Waals surface area contributed by atoms with Crippen LogP contribution in [0.25, 0.3) is 0 Å². The Morgan fingerprint density at radius 3 is 3.08 bits per heavy atom. The maximum atomic E-state index is 12.7. The minimum atomic E-state index is -0.113. The van der Waals surface area contributed by atoms with Crippen molar-refractivity contribution in [1.29, 1.82) is 0 Å². The molecule has 0 radical (unpaired) electrons. The molecule has 2 aromatic rings. The molecule has 1 aliphatic heterocycles. The monoisotopic (exact) mass is 329 g/mol. The van der Waals surface area contributed by atoms with Gasteiger partial charge in [0.2, 0.25) is 0 Å². The quantitative estimate of drug-likeness (QED) is 0.902. The van der Waals surface area contributed by atoms with Gasteiger partial charge in [-0.1, -0.05) is 12.1 Å². The Balaban J connectivity index is 1.73. The Hall–Kier alpha value is -2.41. The number of aromatic amines is 1. The molecule has 0 spiro atoms. The van der Waals surface area contributed by atoms with Crippen molar-refractivity contribution in [2.24, 2.45) is 0 Å². The molecular weight excluding hydrogens is 306 g/mol. The number of urea groups is 1. The number of rotatable bonds is 4. The third-order valence-corrected chi connectivity index (χ3v) is 4.47. The van der Waals surface area contributed by atoms with Crippen LogP contribution in [0.4, 0.5) is 10.5 Å². The van der Waals surface area contributed by atoms with E-state index in [1.165, 1.54) is 6.33 Å². The fourth-order valence-corrected chi connectivity index (χ4v) is 3.04. The molecule has 24 heavy (non-hydrogen) atoms. The first-order chi connectivity index (χ1) is 11.7. The Labute approximate surface area is 141 Å². The van der Waals surface area contributed by atoms with Crippen LogP contribution < -0.4 is 5.32 Å². The third kappa shape index (κ3) is 3.56. The lowest BCUT2D eigenvalue weighted by Crippen LogP contribution is -2.41. The van der Waals surface area contributed by atoms with Crippen LogP contribution in [0.3, 0.4) is 0 Å². The molecule has 1 aromatic heterocycles. The minimum absolute atomic E-state index is 0.0150. The number of ether oxygens (including phenoxy) is 1. The molecule has 1 saturated heterocycles. The smallest absolute Gasteiger partial charge is 0.322 e. The van der Waals surface area contributed by atoms with Crippen LogP contribution in [-0.4, -0.2) is 39.8 Å². The first kappa shape index (κ1) is 16.4. The summed E-state index contributed by atoms with van der Waals surface area (Å²) < 4.78 is 5.34. The molecule has 2 amide bonds. The molecule has 2 atom stereocenters. The summed E-state index contributed by atoms with van der Waals surface area (Å²) in [6.07, 6.45) is 4.44. The Kier molecular flexibility index (Phi) is 5.10. The van der Waals surface area contributed by atoms with Gasteiger partial charge in [0.15, 0.2) is 0 Å². The maximum absolute atomic E-state index is 12.7. The molecule has 0 saturated carbocycles. The SMILES string of the molecule is CO[C@H](C)c1cccc(NC(=O)N2CCCC[C@H]2c2ncn[nH]2)c1. The highest BCUT2D eigenvalue weighted by Crippen LogP contribution is 2.29. The van der Waals surface area contributed by atoms with Crippen molar-refractivity contribution in [2.45, 2.75) is 38.3 Å². The number of nitrogens with zero attached hydrogens (tertiary/aromatic N) is 3. The summed E-state index contributed by atoms with van der Waals surface area (Å²) in [6.45, 7) is 2.69. The van der Waals surface area contributed by atoms with E-state index in [0.717, 1.165) is 36.3 Å². The number of hydrogen-bond donors (Lipinski definition) is 2. The van der Waals surface area contributed by atoms with E-state index in [2.05, 4.69) is 20.5 Å². The van der Waals surface area contributed by atoms with Crippen molar-refractivity contribution in [1.82, 2.24) is 20.1 Å². The number of carbonyl (C=O) groups excluding carboxylic acids is 1. The lowest BCUT2D eigenvalue weighted by atomic mass is 10.0. The number of nitrogens with one attached hydrogen (secondary N) is 2. The van der Waals surface area contributed by atoms with Crippen LogP contribution in [0, 0.1) is 0 Å². The molecule has 0 aliphatic carbocycles. The topological polar surface area (TPSA) is 83.1 Å². The van der Waals surface area contributed by atoms with E-state index in [1.807, 2.05) is 36.1 Å². The van der Waals surface area contributed by atoms with Gasteiger partial charge in [0.05, 0.1) is 12.1 Å². The van der Waals surface area contributed by atoms with Gasteiger partial charge in [-0.15, -0.1) is 0 Å². The summed E-state index contributed by atoms with van der Waals surface area (Å²) in [5.41, 5.74) is 1.80. The molecular formula is C17H23N5O2. The first-order valence-electron chi connectivity index (χ1n) is 8.24. The van der Waals surface area contributed by atoms with Gasteiger partial charge in [-0.25, -0.2) is 9.78 Å². The summed E-state index contributed by atoms with van der Waals surface area (Å²) in [5, 5.41) is 9.79. The fraction of sp³-hybridized carbons (Fsp3) is 0.471. The number of anilines is 1. The van der Waals surface area contributed by atoms with E-state index in [4.69, 9.17) is 4.74 Å². The number of amides is 2. The zero-order valence-corrected chi connectivity index (χ0v) is 14.0.